The highest BCUT2D eigenvalue weighted by molar-refractivity contribution is 5.65. The zero-order valence-electron chi connectivity index (χ0n) is 24.2. The fourth-order valence-corrected chi connectivity index (χ4v) is 7.80. The number of phenolic OH excluding ortho intramolecular Hbond substituents is 1. The van der Waals surface area contributed by atoms with Gasteiger partial charge in [0, 0.05) is 23.6 Å². The monoisotopic (exact) mass is 583 g/mol. The standard InChI is InChI=1S/C30H37N3O9/c1-12-6-15-7-17-18(9-31)33-19(10-40-14(3)34)23-22(16(8-20(35)36)13(2)29-30(23)42-11-41-29)26(37)25(33)24(32(17)4)21(15)27(38)28(12)39-5/h6,14,17-20,24-26,34-38H,7-8,10-11H2,1-5H3/t14?,17?,18-,19-,24-,25+,26-/m0/s1. The van der Waals surface area contributed by atoms with Gasteiger partial charge in [-0.25, -0.2) is 0 Å². The number of hydrogen-bond donors (Lipinski definition) is 5. The molecule has 2 aromatic carbocycles. The normalized spacial score (nSPS) is 28.6. The van der Waals surface area contributed by atoms with Crippen molar-refractivity contribution in [1.82, 2.24) is 9.80 Å². The van der Waals surface area contributed by atoms with Crippen LogP contribution in [-0.4, -0.2) is 93.6 Å². The molecule has 42 heavy (non-hydrogen) atoms. The number of likely N-dealkylation sites (N-methyl/N-ethyl adjacent to an activating group) is 1. The maximum atomic E-state index is 12.4. The van der Waals surface area contributed by atoms with Crippen LogP contribution >= 0.6 is 0 Å². The average Bonchev–Trinajstić information content (AvgIpc) is 3.41. The molecule has 4 aliphatic rings. The molecule has 0 radical (unpaired) electrons. The summed E-state index contributed by atoms with van der Waals surface area (Å²) >= 11 is 0. The largest absolute Gasteiger partial charge is 0.504 e. The number of benzene rings is 2. The fraction of sp³-hybridized carbons (Fsp3) is 0.567. The number of aliphatic hydroxyl groups is 4. The highest BCUT2D eigenvalue weighted by Crippen LogP contribution is 2.59. The molecule has 12 heteroatoms. The molecule has 2 aromatic rings. The van der Waals surface area contributed by atoms with Crippen LogP contribution in [0.4, 0.5) is 0 Å². The molecular weight excluding hydrogens is 546 g/mol. The zero-order valence-corrected chi connectivity index (χ0v) is 24.2. The van der Waals surface area contributed by atoms with Crippen molar-refractivity contribution in [1.29, 1.82) is 5.26 Å². The third kappa shape index (κ3) is 4.07. The molecule has 0 saturated carbocycles. The number of aryl methyl sites for hydroxylation is 1. The quantitative estimate of drug-likeness (QED) is 0.309. The van der Waals surface area contributed by atoms with Crippen LogP contribution in [0.1, 0.15) is 64.1 Å². The molecule has 12 nitrogen and oxygen atoms in total. The summed E-state index contributed by atoms with van der Waals surface area (Å²) in [5.41, 5.74) is 4.34. The average molecular weight is 584 g/mol. The number of rotatable bonds is 6. The van der Waals surface area contributed by atoms with E-state index in [0.29, 0.717) is 51.5 Å². The fourth-order valence-electron chi connectivity index (χ4n) is 7.80. The molecule has 1 fully saturated rings. The number of piperazine rings is 1. The van der Waals surface area contributed by atoms with Gasteiger partial charge in [0.25, 0.3) is 0 Å². The number of aromatic hydroxyl groups is 1. The van der Waals surface area contributed by atoms with E-state index in [0.717, 1.165) is 11.1 Å². The van der Waals surface area contributed by atoms with E-state index in [-0.39, 0.29) is 31.6 Å². The molecule has 226 valence electrons. The van der Waals surface area contributed by atoms with E-state index in [2.05, 4.69) is 6.07 Å². The van der Waals surface area contributed by atoms with Gasteiger partial charge in [0.05, 0.1) is 44.0 Å². The summed E-state index contributed by atoms with van der Waals surface area (Å²) in [4.78, 5) is 3.96. The Morgan fingerprint density at radius 3 is 2.50 bits per heavy atom. The molecule has 1 saturated heterocycles. The van der Waals surface area contributed by atoms with Crippen LogP contribution in [0.3, 0.4) is 0 Å². The molecule has 4 heterocycles. The summed E-state index contributed by atoms with van der Waals surface area (Å²) in [5, 5.41) is 64.9. The van der Waals surface area contributed by atoms with Crippen LogP contribution in [-0.2, 0) is 17.6 Å². The van der Waals surface area contributed by atoms with Gasteiger partial charge < -0.3 is 44.5 Å². The van der Waals surface area contributed by atoms with Gasteiger partial charge in [-0.2, -0.15) is 5.26 Å². The number of methoxy groups -OCH3 is 1. The number of nitriles is 1. The molecule has 4 aliphatic heterocycles. The molecule has 7 atom stereocenters. The van der Waals surface area contributed by atoms with Crippen LogP contribution < -0.4 is 14.2 Å². The number of ether oxygens (including phenoxy) is 4. The van der Waals surface area contributed by atoms with Crippen LogP contribution in [0, 0.1) is 25.2 Å². The Hall–Kier alpha value is -3.15. The van der Waals surface area contributed by atoms with Gasteiger partial charge >= 0.3 is 0 Å². The number of phenols is 1. The van der Waals surface area contributed by atoms with E-state index in [4.69, 9.17) is 18.9 Å². The van der Waals surface area contributed by atoms with E-state index in [1.54, 1.807) is 6.92 Å². The van der Waals surface area contributed by atoms with Crippen molar-refractivity contribution in [2.24, 2.45) is 0 Å². The summed E-state index contributed by atoms with van der Waals surface area (Å²) in [5.74, 6) is 1.16. The lowest BCUT2D eigenvalue weighted by Gasteiger charge is -2.61. The number of aliphatic hydroxyl groups excluding tert-OH is 3. The predicted molar refractivity (Wildman–Crippen MR) is 147 cm³/mol. The van der Waals surface area contributed by atoms with Crippen molar-refractivity contribution < 1.29 is 44.5 Å². The smallest absolute Gasteiger partial charge is 0.231 e. The van der Waals surface area contributed by atoms with Crippen LogP contribution in [0.25, 0.3) is 0 Å². The van der Waals surface area contributed by atoms with Crippen molar-refractivity contribution in [3.63, 3.8) is 0 Å². The van der Waals surface area contributed by atoms with E-state index in [9.17, 15) is 30.8 Å². The van der Waals surface area contributed by atoms with Gasteiger partial charge in [0.15, 0.2) is 35.6 Å². The van der Waals surface area contributed by atoms with Crippen molar-refractivity contribution in [3.05, 3.63) is 45.0 Å². The molecule has 2 bridgehead atoms. The molecule has 0 aromatic heterocycles. The van der Waals surface area contributed by atoms with E-state index >= 15 is 0 Å². The number of fused-ring (bicyclic) bond motifs is 9. The van der Waals surface area contributed by atoms with E-state index < -0.39 is 42.9 Å². The highest BCUT2D eigenvalue weighted by atomic mass is 16.7. The minimum Gasteiger partial charge on any atom is -0.504 e. The minimum atomic E-state index is -1.71. The third-order valence-electron chi connectivity index (χ3n) is 9.40. The molecule has 6 rings (SSSR count). The second kappa shape index (κ2) is 10.5. The predicted octanol–water partition coefficient (Wildman–Crippen LogP) is 1.22. The lowest BCUT2D eigenvalue weighted by molar-refractivity contribution is -0.154. The Bertz CT molecular complexity index is 1460. The Labute approximate surface area is 243 Å². The Morgan fingerprint density at radius 2 is 1.86 bits per heavy atom. The first-order chi connectivity index (χ1) is 20.0. The topological polar surface area (TPSA) is 168 Å². The Kier molecular flexibility index (Phi) is 7.26. The molecule has 0 amide bonds. The summed E-state index contributed by atoms with van der Waals surface area (Å²) in [7, 11) is 3.38. The van der Waals surface area contributed by atoms with Crippen LogP contribution in [0.2, 0.25) is 0 Å². The third-order valence-corrected chi connectivity index (χ3v) is 9.40. The van der Waals surface area contributed by atoms with Crippen molar-refractivity contribution in [3.8, 4) is 29.1 Å². The lowest BCUT2D eigenvalue weighted by Crippen LogP contribution is -2.69. The molecular formula is C30H37N3O9. The first-order valence-electron chi connectivity index (χ1n) is 14.1. The molecule has 0 spiro atoms. The second-order valence-electron chi connectivity index (χ2n) is 11.6. The first-order valence-corrected chi connectivity index (χ1v) is 14.1. The van der Waals surface area contributed by atoms with Gasteiger partial charge in [-0.1, -0.05) is 6.07 Å². The van der Waals surface area contributed by atoms with Gasteiger partial charge in [0.2, 0.25) is 6.79 Å². The number of hydrogen-bond acceptors (Lipinski definition) is 12. The maximum absolute atomic E-state index is 12.4. The molecule has 2 unspecified atom stereocenters. The van der Waals surface area contributed by atoms with Gasteiger partial charge in [-0.3, -0.25) is 9.80 Å². The Morgan fingerprint density at radius 1 is 1.14 bits per heavy atom. The van der Waals surface area contributed by atoms with Crippen molar-refractivity contribution in [2.45, 2.75) is 82.5 Å². The van der Waals surface area contributed by atoms with Gasteiger partial charge in [-0.05, 0) is 62.1 Å². The summed E-state index contributed by atoms with van der Waals surface area (Å²) in [6, 6.07) is 1.39. The second-order valence-corrected chi connectivity index (χ2v) is 11.6. The summed E-state index contributed by atoms with van der Waals surface area (Å²) in [6.45, 7) is 5.02. The van der Waals surface area contributed by atoms with Crippen molar-refractivity contribution >= 4 is 0 Å². The summed E-state index contributed by atoms with van der Waals surface area (Å²) < 4.78 is 23.1. The van der Waals surface area contributed by atoms with Gasteiger partial charge in [-0.15, -0.1) is 0 Å². The van der Waals surface area contributed by atoms with Gasteiger partial charge in [0.1, 0.15) is 6.04 Å². The molecule has 0 aliphatic carbocycles. The highest BCUT2D eigenvalue weighted by Gasteiger charge is 2.59. The van der Waals surface area contributed by atoms with Crippen molar-refractivity contribution in [2.75, 3.05) is 27.6 Å². The van der Waals surface area contributed by atoms with E-state index in [1.807, 2.05) is 29.8 Å². The Balaban J connectivity index is 1.65. The zero-order chi connectivity index (χ0) is 30.2. The number of nitrogens with zero attached hydrogens (tertiary/aromatic N) is 3. The van der Waals surface area contributed by atoms with Crippen LogP contribution in [0.5, 0.6) is 23.0 Å². The first kappa shape index (κ1) is 28.9. The minimum absolute atomic E-state index is 0.0131. The van der Waals surface area contributed by atoms with Crippen LogP contribution in [0.15, 0.2) is 6.07 Å². The maximum Gasteiger partial charge on any atom is 0.231 e. The summed E-state index contributed by atoms with van der Waals surface area (Å²) in [6.07, 6.45) is -3.77. The van der Waals surface area contributed by atoms with E-state index in [1.165, 1.54) is 14.0 Å². The molecule has 5 N–H and O–H groups in total. The SMILES string of the molecule is COc1c(C)cc2c(c1O)[C@H]1[C@@H]3[C@@H](O)c4c(CC(O)O)c(C)c5c(c4[C@H](COC(C)O)N3[C@@H](C#N)C(C2)N1C)OCO5. The lowest BCUT2D eigenvalue weighted by atomic mass is 9.69.